The van der Waals surface area contributed by atoms with Gasteiger partial charge in [0.15, 0.2) is 0 Å². The molecule has 0 radical (unpaired) electrons. The topological polar surface area (TPSA) is 47.6 Å². The summed E-state index contributed by atoms with van der Waals surface area (Å²) in [7, 11) is 5.05. The van der Waals surface area contributed by atoms with Crippen LogP contribution in [0.5, 0.6) is 11.5 Å². The van der Waals surface area contributed by atoms with Crippen LogP contribution < -0.4 is 14.8 Å². The molecule has 0 amide bonds. The van der Waals surface area contributed by atoms with Crippen molar-refractivity contribution in [1.29, 1.82) is 0 Å². The number of hydrogen-bond acceptors (Lipinski definition) is 4. The van der Waals surface area contributed by atoms with Crippen LogP contribution in [-0.4, -0.2) is 27.1 Å². The monoisotopic (exact) mass is 237 g/mol. The lowest BCUT2D eigenvalue weighted by atomic mass is 10.0. The SMILES string of the molecule is CNC(CC(C)=O)c1ccc(OC)cc1OC. The Kier molecular flexibility index (Phi) is 4.97. The number of carbonyl (C=O) groups is 1. The van der Waals surface area contributed by atoms with Crippen LogP contribution >= 0.6 is 0 Å². The Morgan fingerprint density at radius 2 is 2.06 bits per heavy atom. The van der Waals surface area contributed by atoms with E-state index in [1.807, 2.05) is 25.2 Å². The van der Waals surface area contributed by atoms with Crippen molar-refractivity contribution in [3.63, 3.8) is 0 Å². The van der Waals surface area contributed by atoms with E-state index < -0.39 is 0 Å². The van der Waals surface area contributed by atoms with Crippen molar-refractivity contribution in [3.8, 4) is 11.5 Å². The highest BCUT2D eigenvalue weighted by Crippen LogP contribution is 2.30. The summed E-state index contributed by atoms with van der Waals surface area (Å²) >= 11 is 0. The molecule has 0 spiro atoms. The maximum absolute atomic E-state index is 11.2. The molecular weight excluding hydrogens is 218 g/mol. The summed E-state index contributed by atoms with van der Waals surface area (Å²) in [5.41, 5.74) is 0.964. The standard InChI is InChI=1S/C13H19NO3/c1-9(15)7-12(14-2)11-6-5-10(16-3)8-13(11)17-4/h5-6,8,12,14H,7H2,1-4H3. The lowest BCUT2D eigenvalue weighted by Gasteiger charge is -2.18. The summed E-state index contributed by atoms with van der Waals surface area (Å²) in [6.07, 6.45) is 0.444. The first kappa shape index (κ1) is 13.5. The quantitative estimate of drug-likeness (QED) is 0.821. The van der Waals surface area contributed by atoms with E-state index in [0.717, 1.165) is 17.1 Å². The minimum Gasteiger partial charge on any atom is -0.497 e. The van der Waals surface area contributed by atoms with Crippen molar-refractivity contribution in [3.05, 3.63) is 23.8 Å². The van der Waals surface area contributed by atoms with E-state index in [-0.39, 0.29) is 11.8 Å². The third-order valence-electron chi connectivity index (χ3n) is 2.66. The average molecular weight is 237 g/mol. The van der Waals surface area contributed by atoms with Crippen molar-refractivity contribution >= 4 is 5.78 Å². The minimum atomic E-state index is -0.0339. The molecule has 0 saturated heterocycles. The molecule has 1 aromatic carbocycles. The molecule has 0 aliphatic heterocycles. The van der Waals surface area contributed by atoms with E-state index in [1.165, 1.54) is 0 Å². The summed E-state index contributed by atoms with van der Waals surface area (Å²) < 4.78 is 10.5. The molecule has 4 heteroatoms. The highest BCUT2D eigenvalue weighted by Gasteiger charge is 2.16. The molecule has 4 nitrogen and oxygen atoms in total. The maximum atomic E-state index is 11.2. The lowest BCUT2D eigenvalue weighted by Crippen LogP contribution is -2.19. The van der Waals surface area contributed by atoms with Gasteiger partial charge in [0, 0.05) is 24.1 Å². The number of benzene rings is 1. The molecule has 0 fully saturated rings. The number of nitrogens with one attached hydrogen (secondary N) is 1. The van der Waals surface area contributed by atoms with Gasteiger partial charge in [0.25, 0.3) is 0 Å². The van der Waals surface area contributed by atoms with Crippen LogP contribution in [-0.2, 0) is 4.79 Å². The third kappa shape index (κ3) is 3.46. The van der Waals surface area contributed by atoms with Crippen LogP contribution in [0.4, 0.5) is 0 Å². The van der Waals surface area contributed by atoms with Gasteiger partial charge in [0.05, 0.1) is 14.2 Å². The minimum absolute atomic E-state index is 0.0339. The largest absolute Gasteiger partial charge is 0.497 e. The van der Waals surface area contributed by atoms with Gasteiger partial charge in [-0.3, -0.25) is 4.79 Å². The Hall–Kier alpha value is -1.55. The van der Waals surface area contributed by atoms with E-state index in [1.54, 1.807) is 21.1 Å². The third-order valence-corrected chi connectivity index (χ3v) is 2.66. The van der Waals surface area contributed by atoms with Gasteiger partial charge in [-0.05, 0) is 20.0 Å². The first-order valence-corrected chi connectivity index (χ1v) is 5.51. The van der Waals surface area contributed by atoms with Crippen molar-refractivity contribution < 1.29 is 14.3 Å². The molecule has 0 heterocycles. The van der Waals surface area contributed by atoms with E-state index in [4.69, 9.17) is 9.47 Å². The van der Waals surface area contributed by atoms with Crippen LogP contribution in [0.25, 0.3) is 0 Å². The molecule has 17 heavy (non-hydrogen) atoms. The van der Waals surface area contributed by atoms with Gasteiger partial charge in [-0.15, -0.1) is 0 Å². The first-order chi connectivity index (χ1) is 8.12. The molecule has 1 N–H and O–H groups in total. The maximum Gasteiger partial charge on any atom is 0.131 e. The average Bonchev–Trinajstić information content (AvgIpc) is 2.35. The molecular formula is C13H19NO3. The second-order valence-corrected chi connectivity index (χ2v) is 3.86. The summed E-state index contributed by atoms with van der Waals surface area (Å²) in [6, 6.07) is 5.57. The molecule has 94 valence electrons. The summed E-state index contributed by atoms with van der Waals surface area (Å²) in [4.78, 5) is 11.2. The van der Waals surface area contributed by atoms with Gasteiger partial charge in [-0.1, -0.05) is 6.07 Å². The second-order valence-electron chi connectivity index (χ2n) is 3.86. The summed E-state index contributed by atoms with van der Waals surface area (Å²) in [6.45, 7) is 1.58. The van der Waals surface area contributed by atoms with Gasteiger partial charge in [0.2, 0.25) is 0 Å². The molecule has 0 saturated carbocycles. The Balaban J connectivity index is 3.05. The number of hydrogen-bond donors (Lipinski definition) is 1. The first-order valence-electron chi connectivity index (χ1n) is 5.51. The van der Waals surface area contributed by atoms with E-state index >= 15 is 0 Å². The van der Waals surface area contributed by atoms with Crippen LogP contribution in [0.3, 0.4) is 0 Å². The fraction of sp³-hybridized carbons (Fsp3) is 0.462. The predicted octanol–water partition coefficient (Wildman–Crippen LogP) is 1.94. The lowest BCUT2D eigenvalue weighted by molar-refractivity contribution is -0.117. The number of Topliss-reactive ketones (excluding diaryl/α,β-unsaturated/α-hetero) is 1. The van der Waals surface area contributed by atoms with Crippen molar-refractivity contribution in [2.24, 2.45) is 0 Å². The van der Waals surface area contributed by atoms with Crippen molar-refractivity contribution in [2.75, 3.05) is 21.3 Å². The van der Waals surface area contributed by atoms with Crippen molar-refractivity contribution in [2.45, 2.75) is 19.4 Å². The molecule has 0 aliphatic carbocycles. The predicted molar refractivity (Wildman–Crippen MR) is 66.6 cm³/mol. The van der Waals surface area contributed by atoms with Crippen molar-refractivity contribution in [1.82, 2.24) is 5.32 Å². The molecule has 0 aromatic heterocycles. The number of methoxy groups -OCH3 is 2. The zero-order chi connectivity index (χ0) is 12.8. The van der Waals surface area contributed by atoms with Gasteiger partial charge in [-0.25, -0.2) is 0 Å². The summed E-state index contributed by atoms with van der Waals surface area (Å²) in [5.74, 6) is 1.61. The number of carbonyl (C=O) groups excluding carboxylic acids is 1. The van der Waals surface area contributed by atoms with Crippen LogP contribution in [0.15, 0.2) is 18.2 Å². The van der Waals surface area contributed by atoms with Gasteiger partial charge < -0.3 is 14.8 Å². The molecule has 1 unspecified atom stereocenters. The number of rotatable bonds is 6. The highest BCUT2D eigenvalue weighted by atomic mass is 16.5. The van der Waals surface area contributed by atoms with Crippen LogP contribution in [0.1, 0.15) is 24.9 Å². The fourth-order valence-corrected chi connectivity index (χ4v) is 1.76. The number of ether oxygens (including phenoxy) is 2. The van der Waals surface area contributed by atoms with Crippen LogP contribution in [0.2, 0.25) is 0 Å². The molecule has 0 aliphatic rings. The van der Waals surface area contributed by atoms with Crippen LogP contribution in [0, 0.1) is 0 Å². The zero-order valence-corrected chi connectivity index (χ0v) is 10.7. The zero-order valence-electron chi connectivity index (χ0n) is 10.7. The second kappa shape index (κ2) is 6.25. The number of ketones is 1. The van der Waals surface area contributed by atoms with Gasteiger partial charge in [-0.2, -0.15) is 0 Å². The fourth-order valence-electron chi connectivity index (χ4n) is 1.76. The molecule has 0 bridgehead atoms. The Labute approximate surface area is 102 Å². The van der Waals surface area contributed by atoms with E-state index in [9.17, 15) is 4.79 Å². The van der Waals surface area contributed by atoms with Gasteiger partial charge >= 0.3 is 0 Å². The highest BCUT2D eigenvalue weighted by molar-refractivity contribution is 5.76. The Morgan fingerprint density at radius 1 is 1.35 bits per heavy atom. The molecule has 1 rings (SSSR count). The Bertz CT molecular complexity index is 390. The van der Waals surface area contributed by atoms with E-state index in [2.05, 4.69) is 5.32 Å². The molecule has 1 atom stereocenters. The van der Waals surface area contributed by atoms with Gasteiger partial charge in [0.1, 0.15) is 17.3 Å². The smallest absolute Gasteiger partial charge is 0.131 e. The van der Waals surface area contributed by atoms with E-state index in [0.29, 0.717) is 6.42 Å². The Morgan fingerprint density at radius 3 is 2.53 bits per heavy atom. The molecule has 1 aromatic rings. The normalized spacial score (nSPS) is 12.0. The summed E-state index contributed by atoms with van der Waals surface area (Å²) in [5, 5.41) is 3.12.